The van der Waals surface area contributed by atoms with Crippen LogP contribution in [0, 0.1) is 0 Å². The second-order valence-electron chi connectivity index (χ2n) is 3.05. The molecule has 0 aromatic heterocycles. The number of nitrogens with zero attached hydrogens (tertiary/aromatic N) is 2. The molecule has 2 bridgehead atoms. The standard InChI is InChI=1S/C7H12N2/c1-5-7-3-6(4-8-5)9(7)2/h6-7H,3-4H2,1-2H3. The molecule has 3 rings (SSSR count). The maximum Gasteiger partial charge on any atom is 0.0546 e. The highest BCUT2D eigenvalue weighted by Gasteiger charge is 2.39. The van der Waals surface area contributed by atoms with Crippen molar-refractivity contribution in [2.24, 2.45) is 4.99 Å². The number of rotatable bonds is 0. The summed E-state index contributed by atoms with van der Waals surface area (Å²) in [6, 6.07) is 1.47. The van der Waals surface area contributed by atoms with E-state index in [4.69, 9.17) is 0 Å². The fourth-order valence-electron chi connectivity index (χ4n) is 1.73. The third-order valence-corrected chi connectivity index (χ3v) is 2.60. The Kier molecular flexibility index (Phi) is 0.943. The predicted octanol–water partition coefficient (Wildman–Crippen LogP) is 0.534. The number of hydrogen-bond acceptors (Lipinski definition) is 2. The molecule has 2 unspecified atom stereocenters. The van der Waals surface area contributed by atoms with Gasteiger partial charge in [-0.1, -0.05) is 0 Å². The fourth-order valence-corrected chi connectivity index (χ4v) is 1.73. The normalized spacial score (nSPS) is 41.8. The van der Waals surface area contributed by atoms with E-state index in [0.29, 0.717) is 6.04 Å². The lowest BCUT2D eigenvalue weighted by Gasteiger charge is -2.49. The number of hydrogen-bond donors (Lipinski definition) is 0. The van der Waals surface area contributed by atoms with Crippen LogP contribution in [0.4, 0.5) is 0 Å². The zero-order chi connectivity index (χ0) is 6.43. The molecule has 0 saturated carbocycles. The van der Waals surface area contributed by atoms with Crippen molar-refractivity contribution in [1.82, 2.24) is 4.90 Å². The molecule has 50 valence electrons. The van der Waals surface area contributed by atoms with Crippen LogP contribution in [0.3, 0.4) is 0 Å². The lowest BCUT2D eigenvalue weighted by Crippen LogP contribution is -2.60. The molecule has 1 saturated heterocycles. The van der Waals surface area contributed by atoms with Gasteiger partial charge in [-0.05, 0) is 20.4 Å². The summed E-state index contributed by atoms with van der Waals surface area (Å²) in [7, 11) is 2.19. The highest BCUT2D eigenvalue weighted by Crippen LogP contribution is 2.28. The molecule has 0 aromatic rings. The highest BCUT2D eigenvalue weighted by atomic mass is 15.3. The van der Waals surface area contributed by atoms with Crippen LogP contribution in [-0.4, -0.2) is 36.3 Å². The maximum atomic E-state index is 4.39. The Bertz CT molecular complexity index is 162. The van der Waals surface area contributed by atoms with Crippen molar-refractivity contribution in [3.63, 3.8) is 0 Å². The Labute approximate surface area is 55.6 Å². The summed E-state index contributed by atoms with van der Waals surface area (Å²) >= 11 is 0. The summed E-state index contributed by atoms with van der Waals surface area (Å²) in [5.41, 5.74) is 1.33. The molecule has 9 heavy (non-hydrogen) atoms. The monoisotopic (exact) mass is 124 g/mol. The van der Waals surface area contributed by atoms with Gasteiger partial charge in [0, 0.05) is 17.8 Å². The summed E-state index contributed by atoms with van der Waals surface area (Å²) in [5, 5.41) is 0. The van der Waals surface area contributed by atoms with E-state index < -0.39 is 0 Å². The smallest absolute Gasteiger partial charge is 0.0546 e. The Hall–Kier alpha value is -0.370. The lowest BCUT2D eigenvalue weighted by molar-refractivity contribution is 0.0824. The van der Waals surface area contributed by atoms with Crippen molar-refractivity contribution in [1.29, 1.82) is 0 Å². The predicted molar refractivity (Wildman–Crippen MR) is 37.9 cm³/mol. The molecule has 0 N–H and O–H groups in total. The Morgan fingerprint density at radius 2 is 2.44 bits per heavy atom. The third kappa shape index (κ3) is 0.568. The van der Waals surface area contributed by atoms with E-state index in [9.17, 15) is 0 Å². The van der Waals surface area contributed by atoms with Gasteiger partial charge in [0.2, 0.25) is 0 Å². The van der Waals surface area contributed by atoms with E-state index in [1.807, 2.05) is 0 Å². The average Bonchev–Trinajstić information content (AvgIpc) is 1.86. The SMILES string of the molecule is CC1=NCC2CC1N2C. The van der Waals surface area contributed by atoms with Crippen LogP contribution < -0.4 is 0 Å². The third-order valence-electron chi connectivity index (χ3n) is 2.60. The summed E-state index contributed by atoms with van der Waals surface area (Å²) in [4.78, 5) is 6.81. The number of aliphatic imine (C=N–C) groups is 1. The minimum atomic E-state index is 0.698. The molecular formula is C7H12N2. The number of fused-ring (bicyclic) bond motifs is 1. The van der Waals surface area contributed by atoms with Crippen molar-refractivity contribution < 1.29 is 0 Å². The first-order valence-electron chi connectivity index (χ1n) is 3.52. The van der Waals surface area contributed by atoms with Gasteiger partial charge in [0.25, 0.3) is 0 Å². The van der Waals surface area contributed by atoms with Crippen LogP contribution in [0.2, 0.25) is 0 Å². The Morgan fingerprint density at radius 1 is 1.67 bits per heavy atom. The molecule has 0 amide bonds. The molecule has 2 nitrogen and oxygen atoms in total. The topological polar surface area (TPSA) is 15.6 Å². The van der Waals surface area contributed by atoms with Gasteiger partial charge >= 0.3 is 0 Å². The molecule has 2 heteroatoms. The zero-order valence-corrected chi connectivity index (χ0v) is 5.96. The first kappa shape index (κ1) is 5.42. The van der Waals surface area contributed by atoms with Gasteiger partial charge in [-0.3, -0.25) is 9.89 Å². The van der Waals surface area contributed by atoms with Crippen molar-refractivity contribution in [3.05, 3.63) is 0 Å². The molecule has 3 aliphatic heterocycles. The molecule has 0 spiro atoms. The molecule has 1 fully saturated rings. The molecule has 3 heterocycles. The van der Waals surface area contributed by atoms with Crippen molar-refractivity contribution in [2.45, 2.75) is 25.4 Å². The van der Waals surface area contributed by atoms with Gasteiger partial charge < -0.3 is 0 Å². The van der Waals surface area contributed by atoms with Crippen LogP contribution in [0.25, 0.3) is 0 Å². The Morgan fingerprint density at radius 3 is 2.78 bits per heavy atom. The number of likely N-dealkylation sites (N-methyl/N-ethyl adjacent to an activating group) is 1. The van der Waals surface area contributed by atoms with Gasteiger partial charge in [0.15, 0.2) is 0 Å². The maximum absolute atomic E-state index is 4.39. The van der Waals surface area contributed by atoms with Crippen LogP contribution in [-0.2, 0) is 0 Å². The lowest BCUT2D eigenvalue weighted by atomic mass is 9.88. The van der Waals surface area contributed by atoms with E-state index >= 15 is 0 Å². The van der Waals surface area contributed by atoms with Gasteiger partial charge in [-0.25, -0.2) is 0 Å². The molecule has 2 atom stereocenters. The summed E-state index contributed by atoms with van der Waals surface area (Å²) in [5.74, 6) is 0. The fraction of sp³-hybridized carbons (Fsp3) is 0.857. The quantitative estimate of drug-likeness (QED) is 0.460. The summed E-state index contributed by atoms with van der Waals surface area (Å²) < 4.78 is 0. The van der Waals surface area contributed by atoms with E-state index in [1.54, 1.807) is 0 Å². The first-order valence-corrected chi connectivity index (χ1v) is 3.52. The second-order valence-corrected chi connectivity index (χ2v) is 3.05. The van der Waals surface area contributed by atoms with E-state index in [-0.39, 0.29) is 0 Å². The van der Waals surface area contributed by atoms with Crippen LogP contribution in [0.15, 0.2) is 4.99 Å². The van der Waals surface area contributed by atoms with Gasteiger partial charge in [0.1, 0.15) is 0 Å². The zero-order valence-electron chi connectivity index (χ0n) is 5.96. The summed E-state index contributed by atoms with van der Waals surface area (Å²) in [6.45, 7) is 3.18. The van der Waals surface area contributed by atoms with E-state index in [2.05, 4.69) is 23.9 Å². The average molecular weight is 124 g/mol. The highest BCUT2D eigenvalue weighted by molar-refractivity contribution is 5.89. The van der Waals surface area contributed by atoms with Crippen LogP contribution in [0.5, 0.6) is 0 Å². The molecular weight excluding hydrogens is 112 g/mol. The first-order chi connectivity index (χ1) is 4.29. The van der Waals surface area contributed by atoms with Crippen molar-refractivity contribution in [3.8, 4) is 0 Å². The minimum absolute atomic E-state index is 0.698. The van der Waals surface area contributed by atoms with Crippen molar-refractivity contribution in [2.75, 3.05) is 13.6 Å². The van der Waals surface area contributed by atoms with Gasteiger partial charge in [0.05, 0.1) is 6.54 Å². The van der Waals surface area contributed by atoms with E-state index in [1.165, 1.54) is 12.1 Å². The second kappa shape index (κ2) is 1.57. The van der Waals surface area contributed by atoms with Crippen molar-refractivity contribution >= 4 is 5.71 Å². The largest absolute Gasteiger partial charge is 0.293 e. The van der Waals surface area contributed by atoms with Crippen LogP contribution in [0.1, 0.15) is 13.3 Å². The van der Waals surface area contributed by atoms with Crippen LogP contribution >= 0.6 is 0 Å². The molecule has 0 aliphatic carbocycles. The molecule has 3 aliphatic rings. The van der Waals surface area contributed by atoms with Gasteiger partial charge in [-0.15, -0.1) is 0 Å². The van der Waals surface area contributed by atoms with E-state index in [0.717, 1.165) is 12.6 Å². The molecule has 0 radical (unpaired) electrons. The summed E-state index contributed by atoms with van der Waals surface area (Å²) in [6.07, 6.45) is 1.35. The minimum Gasteiger partial charge on any atom is -0.293 e. The molecule has 0 aromatic carbocycles. The van der Waals surface area contributed by atoms with Gasteiger partial charge in [-0.2, -0.15) is 0 Å². The Balaban J connectivity index is 2.22.